The Morgan fingerprint density at radius 3 is 2.26 bits per heavy atom. The highest BCUT2D eigenvalue weighted by atomic mass is 16.7. The van der Waals surface area contributed by atoms with Crippen LogP contribution < -0.4 is 4.74 Å². The van der Waals surface area contributed by atoms with Gasteiger partial charge in [0.1, 0.15) is 5.75 Å². The number of methoxy groups -OCH3 is 1. The van der Waals surface area contributed by atoms with Gasteiger partial charge in [0.2, 0.25) is 0 Å². The Morgan fingerprint density at radius 2 is 1.68 bits per heavy atom. The zero-order valence-electron chi connectivity index (χ0n) is 11.4. The second-order valence-electron chi connectivity index (χ2n) is 5.18. The molecule has 0 atom stereocenters. The minimum absolute atomic E-state index is 0.267. The Kier molecular flexibility index (Phi) is 3.58. The van der Waals surface area contributed by atoms with E-state index in [1.807, 2.05) is 12.1 Å². The van der Waals surface area contributed by atoms with Crippen LogP contribution in [0.4, 0.5) is 0 Å². The summed E-state index contributed by atoms with van der Waals surface area (Å²) in [5.41, 5.74) is 2.72. The van der Waals surface area contributed by atoms with Gasteiger partial charge in [-0.25, -0.2) is 0 Å². The van der Waals surface area contributed by atoms with Crippen molar-refractivity contribution in [3.63, 3.8) is 0 Å². The molecule has 2 aliphatic rings. The maximum absolute atomic E-state index is 5.74. The summed E-state index contributed by atoms with van der Waals surface area (Å²) in [6.07, 6.45) is 6.36. The number of allylic oxidation sites excluding steroid dienone is 1. The molecule has 0 unspecified atom stereocenters. The van der Waals surface area contributed by atoms with E-state index >= 15 is 0 Å². The van der Waals surface area contributed by atoms with Crippen LogP contribution in [0.5, 0.6) is 5.75 Å². The van der Waals surface area contributed by atoms with Crippen molar-refractivity contribution in [1.29, 1.82) is 0 Å². The van der Waals surface area contributed by atoms with E-state index in [1.54, 1.807) is 7.11 Å². The topological polar surface area (TPSA) is 27.7 Å². The number of ether oxygens (including phenoxy) is 3. The molecule has 1 aliphatic carbocycles. The third-order valence-electron chi connectivity index (χ3n) is 3.95. The van der Waals surface area contributed by atoms with Crippen LogP contribution in [-0.2, 0) is 9.47 Å². The van der Waals surface area contributed by atoms with Gasteiger partial charge >= 0.3 is 0 Å². The van der Waals surface area contributed by atoms with E-state index in [-0.39, 0.29) is 5.79 Å². The molecule has 2 fully saturated rings. The first-order valence-corrected chi connectivity index (χ1v) is 6.91. The highest BCUT2D eigenvalue weighted by Gasteiger charge is 2.38. The quantitative estimate of drug-likeness (QED) is 0.815. The molecule has 0 bridgehead atoms. The predicted octanol–water partition coefficient (Wildman–Crippen LogP) is 3.40. The second kappa shape index (κ2) is 5.35. The van der Waals surface area contributed by atoms with Gasteiger partial charge in [-0.05, 0) is 30.5 Å². The molecular formula is C16H20O3. The van der Waals surface area contributed by atoms with Crippen LogP contribution in [0.1, 0.15) is 31.2 Å². The fraction of sp³-hybridized carbons (Fsp3) is 0.500. The van der Waals surface area contributed by atoms with Crippen LogP contribution in [0.2, 0.25) is 0 Å². The maximum atomic E-state index is 5.74. The van der Waals surface area contributed by atoms with Gasteiger partial charge in [-0.15, -0.1) is 0 Å². The molecule has 0 N–H and O–H groups in total. The van der Waals surface area contributed by atoms with Gasteiger partial charge in [0, 0.05) is 12.8 Å². The van der Waals surface area contributed by atoms with Crippen molar-refractivity contribution < 1.29 is 14.2 Å². The van der Waals surface area contributed by atoms with Crippen LogP contribution in [0.15, 0.2) is 29.8 Å². The highest BCUT2D eigenvalue weighted by molar-refractivity contribution is 5.54. The zero-order chi connectivity index (χ0) is 13.1. The van der Waals surface area contributed by atoms with Crippen molar-refractivity contribution in [2.75, 3.05) is 20.3 Å². The third kappa shape index (κ3) is 2.82. The summed E-state index contributed by atoms with van der Waals surface area (Å²) >= 11 is 0. The Hall–Kier alpha value is -1.32. The lowest BCUT2D eigenvalue weighted by atomic mass is 9.88. The summed E-state index contributed by atoms with van der Waals surface area (Å²) in [7, 11) is 1.69. The largest absolute Gasteiger partial charge is 0.497 e. The summed E-state index contributed by atoms with van der Waals surface area (Å²) in [6.45, 7) is 1.50. The van der Waals surface area contributed by atoms with Gasteiger partial charge in [0.05, 0.1) is 20.3 Å². The molecule has 1 saturated carbocycles. The summed E-state index contributed by atoms with van der Waals surface area (Å²) in [5.74, 6) is 0.634. The van der Waals surface area contributed by atoms with Crippen molar-refractivity contribution in [2.24, 2.45) is 0 Å². The van der Waals surface area contributed by atoms with Gasteiger partial charge in [0.15, 0.2) is 5.79 Å². The van der Waals surface area contributed by atoms with Crippen LogP contribution in [0.3, 0.4) is 0 Å². The summed E-state index contributed by atoms with van der Waals surface area (Å²) in [4.78, 5) is 0. The van der Waals surface area contributed by atoms with Crippen molar-refractivity contribution in [3.05, 3.63) is 35.4 Å². The third-order valence-corrected chi connectivity index (χ3v) is 3.95. The average molecular weight is 260 g/mol. The molecule has 0 amide bonds. The predicted molar refractivity (Wildman–Crippen MR) is 74.1 cm³/mol. The maximum Gasteiger partial charge on any atom is 0.169 e. The van der Waals surface area contributed by atoms with Crippen LogP contribution >= 0.6 is 0 Å². The lowest BCUT2D eigenvalue weighted by Gasteiger charge is -2.32. The van der Waals surface area contributed by atoms with E-state index in [2.05, 4.69) is 18.2 Å². The van der Waals surface area contributed by atoms with Gasteiger partial charge < -0.3 is 14.2 Å². The lowest BCUT2D eigenvalue weighted by molar-refractivity contribution is -0.171. The number of hydrogen-bond acceptors (Lipinski definition) is 3. The standard InChI is InChI=1S/C16H20O3/c1-17-15-4-2-13(3-5-15)12-14-6-8-16(9-7-14)18-10-11-19-16/h2-5,12H,6-11H2,1H3. The minimum Gasteiger partial charge on any atom is -0.497 e. The molecule has 0 radical (unpaired) electrons. The normalized spacial score (nSPS) is 21.6. The van der Waals surface area contributed by atoms with Crippen LogP contribution in [-0.4, -0.2) is 26.1 Å². The smallest absolute Gasteiger partial charge is 0.169 e. The summed E-state index contributed by atoms with van der Waals surface area (Å²) < 4.78 is 16.7. The van der Waals surface area contributed by atoms with E-state index in [0.717, 1.165) is 44.6 Å². The molecule has 19 heavy (non-hydrogen) atoms. The molecule has 3 rings (SSSR count). The zero-order valence-corrected chi connectivity index (χ0v) is 11.4. The molecule has 1 aromatic carbocycles. The molecule has 1 spiro atoms. The molecule has 1 heterocycles. The first-order chi connectivity index (χ1) is 9.30. The summed E-state index contributed by atoms with van der Waals surface area (Å²) in [5, 5.41) is 0. The fourth-order valence-electron chi connectivity index (χ4n) is 2.82. The fourth-order valence-corrected chi connectivity index (χ4v) is 2.82. The molecule has 1 aromatic rings. The monoisotopic (exact) mass is 260 g/mol. The van der Waals surface area contributed by atoms with E-state index < -0.39 is 0 Å². The Bertz CT molecular complexity index is 443. The number of hydrogen-bond donors (Lipinski definition) is 0. The second-order valence-corrected chi connectivity index (χ2v) is 5.18. The highest BCUT2D eigenvalue weighted by Crippen LogP contribution is 2.38. The van der Waals surface area contributed by atoms with Gasteiger partial charge in [-0.2, -0.15) is 0 Å². The number of rotatable bonds is 2. The average Bonchev–Trinajstić information content (AvgIpc) is 2.91. The molecule has 3 heteroatoms. The van der Waals surface area contributed by atoms with E-state index in [0.29, 0.717) is 0 Å². The van der Waals surface area contributed by atoms with Gasteiger partial charge in [-0.1, -0.05) is 23.8 Å². The molecule has 102 valence electrons. The van der Waals surface area contributed by atoms with Crippen molar-refractivity contribution in [1.82, 2.24) is 0 Å². The van der Waals surface area contributed by atoms with E-state index in [4.69, 9.17) is 14.2 Å². The van der Waals surface area contributed by atoms with Crippen LogP contribution in [0.25, 0.3) is 6.08 Å². The number of benzene rings is 1. The Morgan fingerprint density at radius 1 is 1.05 bits per heavy atom. The molecule has 3 nitrogen and oxygen atoms in total. The minimum atomic E-state index is -0.267. The van der Waals surface area contributed by atoms with E-state index in [1.165, 1.54) is 11.1 Å². The molecule has 1 saturated heterocycles. The molecule has 1 aliphatic heterocycles. The Balaban J connectivity index is 1.65. The van der Waals surface area contributed by atoms with Crippen LogP contribution in [0, 0.1) is 0 Å². The van der Waals surface area contributed by atoms with Crippen molar-refractivity contribution >= 4 is 6.08 Å². The SMILES string of the molecule is COc1ccc(C=C2CCC3(CC2)OCCO3)cc1. The first kappa shape index (κ1) is 12.7. The molecular weight excluding hydrogens is 240 g/mol. The summed E-state index contributed by atoms with van der Waals surface area (Å²) in [6, 6.07) is 8.19. The first-order valence-electron chi connectivity index (χ1n) is 6.91. The van der Waals surface area contributed by atoms with Gasteiger partial charge in [0.25, 0.3) is 0 Å². The Labute approximate surface area is 114 Å². The van der Waals surface area contributed by atoms with Gasteiger partial charge in [-0.3, -0.25) is 0 Å². The van der Waals surface area contributed by atoms with Crippen molar-refractivity contribution in [3.8, 4) is 5.75 Å². The van der Waals surface area contributed by atoms with Crippen molar-refractivity contribution in [2.45, 2.75) is 31.5 Å². The lowest BCUT2D eigenvalue weighted by Crippen LogP contribution is -2.33. The van der Waals surface area contributed by atoms with E-state index in [9.17, 15) is 0 Å². The molecule has 0 aromatic heterocycles.